The molecule has 6 nitrogen and oxygen atoms in total. The molecule has 1 aliphatic carbocycles. The maximum Gasteiger partial charge on any atom is 0.230 e. The van der Waals surface area contributed by atoms with Gasteiger partial charge >= 0.3 is 0 Å². The molecule has 0 atom stereocenters. The average molecular weight is 382 g/mol. The molecule has 1 saturated carbocycles. The van der Waals surface area contributed by atoms with Gasteiger partial charge in [0.25, 0.3) is 0 Å². The van der Waals surface area contributed by atoms with Gasteiger partial charge in [-0.15, -0.1) is 0 Å². The molecule has 142 valence electrons. The van der Waals surface area contributed by atoms with Gasteiger partial charge in [0.05, 0.1) is 6.20 Å². The number of oxazole rings is 1. The monoisotopic (exact) mass is 382 g/mol. The van der Waals surface area contributed by atoms with Crippen LogP contribution in [0.1, 0.15) is 30.2 Å². The number of fused-ring (bicyclic) bond motifs is 1. The zero-order chi connectivity index (χ0) is 19.4. The van der Waals surface area contributed by atoms with Crippen LogP contribution in [0.3, 0.4) is 0 Å². The number of H-pyrrole nitrogens is 1. The van der Waals surface area contributed by atoms with E-state index in [2.05, 4.69) is 27.0 Å². The summed E-state index contributed by atoms with van der Waals surface area (Å²) in [4.78, 5) is 12.3. The van der Waals surface area contributed by atoms with E-state index in [9.17, 15) is 0 Å². The van der Waals surface area contributed by atoms with Gasteiger partial charge in [-0.1, -0.05) is 23.4 Å². The summed E-state index contributed by atoms with van der Waals surface area (Å²) in [7, 11) is 0. The van der Waals surface area contributed by atoms with E-state index in [0.717, 1.165) is 57.6 Å². The standard InChI is InChI=1S/C23H18N4O2/c1-13-5-6-15(21-26-22(29-27-21)14-7-8-14)11-18(13)20-12-25-23(28-20)17-3-2-4-19-16(17)9-10-24-19/h2-6,9-12,14,24H,7-8H2,1H3. The van der Waals surface area contributed by atoms with Crippen LogP contribution < -0.4 is 0 Å². The largest absolute Gasteiger partial charge is 0.436 e. The van der Waals surface area contributed by atoms with Gasteiger partial charge in [0.15, 0.2) is 5.76 Å². The highest BCUT2D eigenvalue weighted by Crippen LogP contribution is 2.40. The van der Waals surface area contributed by atoms with Crippen LogP contribution in [0.25, 0.3) is 45.1 Å². The molecular formula is C23H18N4O2. The predicted octanol–water partition coefficient (Wildman–Crippen LogP) is 5.73. The average Bonchev–Trinajstić information content (AvgIpc) is 3.16. The minimum Gasteiger partial charge on any atom is -0.436 e. The zero-order valence-corrected chi connectivity index (χ0v) is 15.8. The summed E-state index contributed by atoms with van der Waals surface area (Å²) in [6.07, 6.45) is 5.97. The second-order valence-electron chi connectivity index (χ2n) is 7.53. The Hall–Kier alpha value is -3.67. The third kappa shape index (κ3) is 2.76. The molecule has 0 bridgehead atoms. The Balaban J connectivity index is 1.40. The van der Waals surface area contributed by atoms with Crippen molar-refractivity contribution < 1.29 is 8.94 Å². The number of hydrogen-bond acceptors (Lipinski definition) is 5. The molecule has 0 radical (unpaired) electrons. The third-order valence-electron chi connectivity index (χ3n) is 5.46. The molecule has 2 aromatic carbocycles. The highest BCUT2D eigenvalue weighted by Gasteiger charge is 2.29. The van der Waals surface area contributed by atoms with E-state index in [-0.39, 0.29) is 0 Å². The summed E-state index contributed by atoms with van der Waals surface area (Å²) in [6.45, 7) is 2.06. The van der Waals surface area contributed by atoms with Crippen molar-refractivity contribution in [2.75, 3.05) is 0 Å². The minimum atomic E-state index is 0.439. The Morgan fingerprint density at radius 1 is 1.07 bits per heavy atom. The quantitative estimate of drug-likeness (QED) is 0.429. The summed E-state index contributed by atoms with van der Waals surface area (Å²) in [6, 6.07) is 14.2. The van der Waals surface area contributed by atoms with Crippen LogP contribution >= 0.6 is 0 Å². The number of aryl methyl sites for hydroxylation is 1. The number of nitrogens with zero attached hydrogens (tertiary/aromatic N) is 3. The van der Waals surface area contributed by atoms with Crippen LogP contribution in [-0.2, 0) is 0 Å². The van der Waals surface area contributed by atoms with E-state index in [1.54, 1.807) is 6.20 Å². The first-order valence-electron chi connectivity index (χ1n) is 9.73. The van der Waals surface area contributed by atoms with E-state index >= 15 is 0 Å². The molecule has 0 aliphatic heterocycles. The summed E-state index contributed by atoms with van der Waals surface area (Å²) >= 11 is 0. The molecule has 1 N–H and O–H groups in total. The van der Waals surface area contributed by atoms with Crippen molar-refractivity contribution in [3.05, 3.63) is 66.3 Å². The van der Waals surface area contributed by atoms with E-state index in [1.807, 2.05) is 48.7 Å². The fourth-order valence-corrected chi connectivity index (χ4v) is 3.67. The SMILES string of the molecule is Cc1ccc(-c2noc(C3CC3)n2)cc1-c1cnc(-c2cccc3[nH]ccc23)o1. The van der Waals surface area contributed by atoms with Crippen molar-refractivity contribution >= 4 is 10.9 Å². The van der Waals surface area contributed by atoms with Crippen LogP contribution in [0.5, 0.6) is 0 Å². The zero-order valence-electron chi connectivity index (χ0n) is 15.8. The van der Waals surface area contributed by atoms with Gasteiger partial charge in [0.1, 0.15) is 0 Å². The van der Waals surface area contributed by atoms with Gasteiger partial charge in [-0.05, 0) is 49.6 Å². The third-order valence-corrected chi connectivity index (χ3v) is 5.46. The maximum absolute atomic E-state index is 6.17. The molecule has 5 aromatic rings. The van der Waals surface area contributed by atoms with Crippen molar-refractivity contribution in [3.8, 4) is 34.2 Å². The second-order valence-corrected chi connectivity index (χ2v) is 7.53. The molecule has 1 aliphatic rings. The first kappa shape index (κ1) is 16.3. The predicted molar refractivity (Wildman–Crippen MR) is 109 cm³/mol. The summed E-state index contributed by atoms with van der Waals surface area (Å²) in [5.74, 6) is 3.12. The van der Waals surface area contributed by atoms with Gasteiger partial charge in [-0.2, -0.15) is 4.98 Å². The molecule has 0 saturated heterocycles. The Morgan fingerprint density at radius 3 is 2.90 bits per heavy atom. The highest BCUT2D eigenvalue weighted by atomic mass is 16.5. The van der Waals surface area contributed by atoms with E-state index in [0.29, 0.717) is 17.6 Å². The van der Waals surface area contributed by atoms with Gasteiger partial charge in [-0.25, -0.2) is 4.98 Å². The Bertz CT molecular complexity index is 1340. The Labute approximate surface area is 166 Å². The van der Waals surface area contributed by atoms with Crippen molar-refractivity contribution in [3.63, 3.8) is 0 Å². The number of rotatable bonds is 4. The lowest BCUT2D eigenvalue weighted by Gasteiger charge is -2.04. The topological polar surface area (TPSA) is 80.7 Å². The van der Waals surface area contributed by atoms with E-state index in [4.69, 9.17) is 8.94 Å². The van der Waals surface area contributed by atoms with E-state index in [1.165, 1.54) is 0 Å². The lowest BCUT2D eigenvalue weighted by molar-refractivity contribution is 0.380. The van der Waals surface area contributed by atoms with Gasteiger partial charge < -0.3 is 13.9 Å². The van der Waals surface area contributed by atoms with Crippen LogP contribution in [0, 0.1) is 6.92 Å². The maximum atomic E-state index is 6.17. The van der Waals surface area contributed by atoms with Crippen molar-refractivity contribution in [2.24, 2.45) is 0 Å². The van der Waals surface area contributed by atoms with Crippen LogP contribution in [0.15, 0.2) is 63.8 Å². The highest BCUT2D eigenvalue weighted by molar-refractivity contribution is 5.93. The van der Waals surface area contributed by atoms with Crippen LogP contribution in [0.4, 0.5) is 0 Å². The smallest absolute Gasteiger partial charge is 0.230 e. The van der Waals surface area contributed by atoms with Gasteiger partial charge in [0, 0.05) is 39.7 Å². The summed E-state index contributed by atoms with van der Waals surface area (Å²) in [5.41, 5.74) is 5.01. The molecule has 29 heavy (non-hydrogen) atoms. The first-order valence-corrected chi connectivity index (χ1v) is 9.73. The van der Waals surface area contributed by atoms with Gasteiger partial charge in [-0.3, -0.25) is 0 Å². The Morgan fingerprint density at radius 2 is 2.00 bits per heavy atom. The lowest BCUT2D eigenvalue weighted by atomic mass is 10.0. The molecule has 6 heteroatoms. The number of aromatic amines is 1. The minimum absolute atomic E-state index is 0.439. The molecule has 3 heterocycles. The lowest BCUT2D eigenvalue weighted by Crippen LogP contribution is -1.86. The number of aromatic nitrogens is 4. The van der Waals surface area contributed by atoms with E-state index < -0.39 is 0 Å². The molecule has 0 amide bonds. The van der Waals surface area contributed by atoms with Crippen molar-refractivity contribution in [2.45, 2.75) is 25.7 Å². The molecule has 3 aromatic heterocycles. The summed E-state index contributed by atoms with van der Waals surface area (Å²) in [5, 5.41) is 5.25. The molecule has 0 unspecified atom stereocenters. The number of benzene rings is 2. The normalized spacial score (nSPS) is 14.0. The second kappa shape index (κ2) is 6.17. The van der Waals surface area contributed by atoms with Crippen molar-refractivity contribution in [1.82, 2.24) is 20.1 Å². The summed E-state index contributed by atoms with van der Waals surface area (Å²) < 4.78 is 11.6. The fraction of sp³-hybridized carbons (Fsp3) is 0.174. The molecule has 0 spiro atoms. The Kier molecular flexibility index (Phi) is 3.47. The molecule has 6 rings (SSSR count). The van der Waals surface area contributed by atoms with Crippen LogP contribution in [0.2, 0.25) is 0 Å². The van der Waals surface area contributed by atoms with Crippen molar-refractivity contribution in [1.29, 1.82) is 0 Å². The fourth-order valence-electron chi connectivity index (χ4n) is 3.67. The first-order chi connectivity index (χ1) is 14.3. The van der Waals surface area contributed by atoms with Gasteiger partial charge in [0.2, 0.25) is 17.6 Å². The molecule has 1 fully saturated rings. The number of hydrogen-bond donors (Lipinski definition) is 1. The molecular weight excluding hydrogens is 364 g/mol. The number of nitrogens with one attached hydrogen (secondary N) is 1. The van der Waals surface area contributed by atoms with Crippen LogP contribution in [-0.4, -0.2) is 20.1 Å².